The molecule has 0 saturated carbocycles. The third-order valence-corrected chi connectivity index (χ3v) is 6.63. The van der Waals surface area contributed by atoms with Crippen LogP contribution in [0, 0.1) is 33.5 Å². The molecule has 3 aromatic rings. The Morgan fingerprint density at radius 2 is 1.61 bits per heavy atom. The smallest absolute Gasteiger partial charge is 0.244 e. The molecule has 28 heavy (non-hydrogen) atoms. The van der Waals surface area contributed by atoms with Crippen LogP contribution in [0.25, 0.3) is 11.4 Å². The molecule has 0 aliphatic carbocycles. The molecule has 148 valence electrons. The predicted octanol–water partition coefficient (Wildman–Crippen LogP) is 4.15. The fourth-order valence-electron chi connectivity index (χ4n) is 3.05. The van der Waals surface area contributed by atoms with Crippen LogP contribution in [0.3, 0.4) is 0 Å². The first kappa shape index (κ1) is 20.2. The lowest BCUT2D eigenvalue weighted by Gasteiger charge is -2.17. The second-order valence-electron chi connectivity index (χ2n) is 6.90. The second-order valence-corrected chi connectivity index (χ2v) is 8.55. The summed E-state index contributed by atoms with van der Waals surface area (Å²) in [5.74, 6) is 0.0233. The molecule has 0 saturated heterocycles. The molecule has 2 aromatic carbocycles. The van der Waals surface area contributed by atoms with Gasteiger partial charge in [0, 0.05) is 5.56 Å². The number of sulfonamides is 1. The highest BCUT2D eigenvalue weighted by atomic mass is 32.2. The molecule has 1 heterocycles. The standard InChI is InChI=1S/C20H22FN3O3S/c1-11-10-12(2)14(4)18(13(11)3)28(25,26)24-15(5)20-22-19(23-27-20)16-6-8-17(21)9-7-16/h6-10,15,24H,1-5H3. The first-order chi connectivity index (χ1) is 13.1. The summed E-state index contributed by atoms with van der Waals surface area (Å²) in [6.07, 6.45) is 0. The van der Waals surface area contributed by atoms with Gasteiger partial charge in [0.1, 0.15) is 5.82 Å². The number of nitrogens with one attached hydrogen (secondary N) is 1. The molecule has 1 atom stereocenters. The molecule has 0 bridgehead atoms. The van der Waals surface area contributed by atoms with Crippen LogP contribution in [-0.2, 0) is 10.0 Å². The van der Waals surface area contributed by atoms with E-state index >= 15 is 0 Å². The summed E-state index contributed by atoms with van der Waals surface area (Å²) < 4.78 is 47.0. The minimum absolute atomic E-state index is 0.127. The molecule has 0 aliphatic rings. The number of rotatable bonds is 5. The molecular weight excluding hydrogens is 381 g/mol. The van der Waals surface area contributed by atoms with Gasteiger partial charge < -0.3 is 4.52 Å². The monoisotopic (exact) mass is 403 g/mol. The Bertz CT molecular complexity index is 1100. The normalized spacial score (nSPS) is 12.9. The molecule has 6 nitrogen and oxygen atoms in total. The minimum atomic E-state index is -3.80. The average Bonchev–Trinajstić information content (AvgIpc) is 3.10. The Labute approximate surface area is 163 Å². The van der Waals surface area contributed by atoms with E-state index in [4.69, 9.17) is 4.52 Å². The summed E-state index contributed by atoms with van der Waals surface area (Å²) in [6, 6.07) is 6.89. The molecule has 1 N–H and O–H groups in total. The molecule has 3 rings (SSSR count). The Morgan fingerprint density at radius 3 is 2.18 bits per heavy atom. The van der Waals surface area contributed by atoms with Crippen LogP contribution in [0.1, 0.15) is 41.1 Å². The van der Waals surface area contributed by atoms with Crippen molar-refractivity contribution in [3.05, 3.63) is 64.3 Å². The highest BCUT2D eigenvalue weighted by Gasteiger charge is 2.26. The van der Waals surface area contributed by atoms with E-state index in [1.54, 1.807) is 20.8 Å². The predicted molar refractivity (Wildman–Crippen MR) is 104 cm³/mol. The lowest BCUT2D eigenvalue weighted by Crippen LogP contribution is -2.28. The quantitative estimate of drug-likeness (QED) is 0.692. The van der Waals surface area contributed by atoms with Gasteiger partial charge >= 0.3 is 0 Å². The third-order valence-electron chi connectivity index (χ3n) is 4.81. The zero-order valence-corrected chi connectivity index (χ0v) is 17.2. The number of aromatic nitrogens is 2. The van der Waals surface area contributed by atoms with Crippen molar-refractivity contribution in [3.63, 3.8) is 0 Å². The summed E-state index contributed by atoms with van der Waals surface area (Å²) >= 11 is 0. The van der Waals surface area contributed by atoms with Crippen molar-refractivity contribution in [2.24, 2.45) is 0 Å². The van der Waals surface area contributed by atoms with E-state index in [0.29, 0.717) is 16.7 Å². The molecule has 0 spiro atoms. The van der Waals surface area contributed by atoms with Crippen molar-refractivity contribution >= 4 is 10.0 Å². The molecule has 1 aromatic heterocycles. The highest BCUT2D eigenvalue weighted by molar-refractivity contribution is 7.89. The average molecular weight is 403 g/mol. The van der Waals surface area contributed by atoms with Crippen molar-refractivity contribution in [2.45, 2.75) is 45.6 Å². The Kier molecular flexibility index (Phi) is 5.36. The number of halogens is 1. The molecule has 0 radical (unpaired) electrons. The van der Waals surface area contributed by atoms with Crippen LogP contribution in [0.2, 0.25) is 0 Å². The molecular formula is C20H22FN3O3S. The van der Waals surface area contributed by atoms with Gasteiger partial charge in [0.05, 0.1) is 10.9 Å². The summed E-state index contributed by atoms with van der Waals surface area (Å²) in [5, 5.41) is 3.86. The van der Waals surface area contributed by atoms with E-state index in [9.17, 15) is 12.8 Å². The highest BCUT2D eigenvalue weighted by Crippen LogP contribution is 2.27. The SMILES string of the molecule is Cc1cc(C)c(C)c(S(=O)(=O)NC(C)c2nc(-c3ccc(F)cc3)no2)c1C. The summed E-state index contributed by atoms with van der Waals surface area (Å²) in [7, 11) is -3.80. The van der Waals surface area contributed by atoms with Crippen LogP contribution in [0.4, 0.5) is 4.39 Å². The first-order valence-electron chi connectivity index (χ1n) is 8.79. The van der Waals surface area contributed by atoms with Gasteiger partial charge in [-0.1, -0.05) is 11.2 Å². The zero-order chi connectivity index (χ0) is 20.6. The third kappa shape index (κ3) is 3.83. The molecule has 1 unspecified atom stereocenters. The molecule has 8 heteroatoms. The summed E-state index contributed by atoms with van der Waals surface area (Å²) in [4.78, 5) is 4.51. The number of benzene rings is 2. The molecule has 0 aliphatic heterocycles. The first-order valence-corrected chi connectivity index (χ1v) is 10.3. The van der Waals surface area contributed by atoms with Crippen molar-refractivity contribution in [1.29, 1.82) is 0 Å². The lowest BCUT2D eigenvalue weighted by molar-refractivity contribution is 0.353. The zero-order valence-electron chi connectivity index (χ0n) is 16.4. The number of hydrogen-bond acceptors (Lipinski definition) is 5. The van der Waals surface area contributed by atoms with Crippen LogP contribution >= 0.6 is 0 Å². The van der Waals surface area contributed by atoms with Gasteiger partial charge in [-0.2, -0.15) is 9.71 Å². The van der Waals surface area contributed by atoms with E-state index in [-0.39, 0.29) is 22.4 Å². The van der Waals surface area contributed by atoms with Gasteiger partial charge in [0.2, 0.25) is 21.7 Å². The summed E-state index contributed by atoms with van der Waals surface area (Å²) in [5.41, 5.74) is 3.81. The Hall–Kier alpha value is -2.58. The van der Waals surface area contributed by atoms with Crippen molar-refractivity contribution in [3.8, 4) is 11.4 Å². The van der Waals surface area contributed by atoms with E-state index in [1.807, 2.05) is 19.9 Å². The van der Waals surface area contributed by atoms with Gasteiger partial charge in [-0.25, -0.2) is 12.8 Å². The number of aryl methyl sites for hydroxylation is 2. The van der Waals surface area contributed by atoms with Crippen LogP contribution in [-0.4, -0.2) is 18.6 Å². The minimum Gasteiger partial charge on any atom is -0.337 e. The fourth-order valence-corrected chi connectivity index (χ4v) is 4.87. The molecule has 0 fully saturated rings. The van der Waals surface area contributed by atoms with Gasteiger partial charge in [0.25, 0.3) is 0 Å². The van der Waals surface area contributed by atoms with Gasteiger partial charge in [-0.3, -0.25) is 0 Å². The fraction of sp³-hybridized carbons (Fsp3) is 0.300. The van der Waals surface area contributed by atoms with Crippen molar-refractivity contribution in [1.82, 2.24) is 14.9 Å². The van der Waals surface area contributed by atoms with Gasteiger partial charge in [-0.05, 0) is 81.1 Å². The summed E-state index contributed by atoms with van der Waals surface area (Å²) in [6.45, 7) is 8.99. The maximum atomic E-state index is 13.1. The van der Waals surface area contributed by atoms with Gasteiger partial charge in [0.15, 0.2) is 0 Å². The van der Waals surface area contributed by atoms with E-state index in [1.165, 1.54) is 24.3 Å². The van der Waals surface area contributed by atoms with Crippen LogP contribution < -0.4 is 4.72 Å². The van der Waals surface area contributed by atoms with E-state index in [2.05, 4.69) is 14.9 Å². The maximum absolute atomic E-state index is 13.1. The molecule has 0 amide bonds. The largest absolute Gasteiger partial charge is 0.337 e. The Morgan fingerprint density at radius 1 is 1.04 bits per heavy atom. The van der Waals surface area contributed by atoms with E-state index < -0.39 is 16.1 Å². The van der Waals surface area contributed by atoms with Crippen LogP contribution in [0.5, 0.6) is 0 Å². The number of nitrogens with zero attached hydrogens (tertiary/aromatic N) is 2. The van der Waals surface area contributed by atoms with Crippen molar-refractivity contribution in [2.75, 3.05) is 0 Å². The van der Waals surface area contributed by atoms with Gasteiger partial charge in [-0.15, -0.1) is 0 Å². The topological polar surface area (TPSA) is 85.1 Å². The Balaban J connectivity index is 1.89. The van der Waals surface area contributed by atoms with E-state index in [0.717, 1.165) is 11.1 Å². The number of hydrogen-bond donors (Lipinski definition) is 1. The maximum Gasteiger partial charge on any atom is 0.244 e. The lowest BCUT2D eigenvalue weighted by atomic mass is 10.0. The van der Waals surface area contributed by atoms with Crippen LogP contribution in [0.15, 0.2) is 39.8 Å². The van der Waals surface area contributed by atoms with Crippen molar-refractivity contribution < 1.29 is 17.3 Å². The second kappa shape index (κ2) is 7.44.